The smallest absolute Gasteiger partial charge is 0.216 e. The van der Waals surface area contributed by atoms with Crippen molar-refractivity contribution in [3.63, 3.8) is 0 Å². The average molecular weight is 382 g/mol. The maximum absolute atomic E-state index is 5.59. The minimum atomic E-state index is 0.422. The molecule has 7 heteroatoms. The van der Waals surface area contributed by atoms with Gasteiger partial charge in [0.15, 0.2) is 5.82 Å². The Balaban J connectivity index is 1.83. The van der Waals surface area contributed by atoms with Gasteiger partial charge in [-0.05, 0) is 67.5 Å². The van der Waals surface area contributed by atoms with E-state index in [2.05, 4.69) is 22.2 Å². The number of hydrogen-bond donors (Lipinski definition) is 1. The van der Waals surface area contributed by atoms with Gasteiger partial charge in [-0.15, -0.1) is 0 Å². The Morgan fingerprint density at radius 2 is 1.93 bits per heavy atom. The number of ether oxygens (including phenoxy) is 2. The third-order valence-corrected chi connectivity index (χ3v) is 3.99. The molecule has 3 aromatic rings. The topological polar surface area (TPSA) is 64.4 Å². The molecule has 0 spiro atoms. The molecule has 0 unspecified atom stereocenters. The zero-order chi connectivity index (χ0) is 19.1. The Bertz CT molecular complexity index is 961. The molecule has 3 rings (SSSR count). The summed E-state index contributed by atoms with van der Waals surface area (Å²) in [6, 6.07) is 15.4. The van der Waals surface area contributed by atoms with Gasteiger partial charge < -0.3 is 9.47 Å². The van der Waals surface area contributed by atoms with Gasteiger partial charge in [0.1, 0.15) is 11.5 Å². The average Bonchev–Trinajstić information content (AvgIpc) is 3.06. The highest BCUT2D eigenvalue weighted by Gasteiger charge is 2.09. The number of nitrogens with zero attached hydrogens (tertiary/aromatic N) is 3. The molecule has 0 radical (unpaired) electrons. The van der Waals surface area contributed by atoms with Crippen LogP contribution in [0.2, 0.25) is 0 Å². The van der Waals surface area contributed by atoms with Gasteiger partial charge in [-0.1, -0.05) is 19.1 Å². The predicted molar refractivity (Wildman–Crippen MR) is 109 cm³/mol. The standard InChI is InChI=1S/C20H22N4O2S/c1-3-12-26-17-10-8-15(9-11-17)14-21-24-19(22-23-20(24)27)16-6-5-7-18(13-16)25-4-2/h5-11,13-14H,3-4,12H2,1-2H3,(H,23,27)/b21-14+. The first-order valence-corrected chi connectivity index (χ1v) is 9.30. The molecule has 0 bridgehead atoms. The summed E-state index contributed by atoms with van der Waals surface area (Å²) in [5.74, 6) is 2.25. The number of H-pyrrole nitrogens is 1. The molecule has 0 saturated carbocycles. The molecule has 0 fully saturated rings. The van der Waals surface area contributed by atoms with Crippen LogP contribution in [0, 0.1) is 4.77 Å². The molecule has 1 aromatic heterocycles. The number of nitrogens with one attached hydrogen (secondary N) is 1. The van der Waals surface area contributed by atoms with Crippen molar-refractivity contribution in [3.8, 4) is 22.9 Å². The lowest BCUT2D eigenvalue weighted by Crippen LogP contribution is -1.97. The zero-order valence-electron chi connectivity index (χ0n) is 15.4. The van der Waals surface area contributed by atoms with Gasteiger partial charge in [0, 0.05) is 5.56 Å². The molecule has 0 aliphatic carbocycles. The largest absolute Gasteiger partial charge is 0.494 e. The van der Waals surface area contributed by atoms with Gasteiger partial charge in [-0.3, -0.25) is 0 Å². The van der Waals surface area contributed by atoms with E-state index in [9.17, 15) is 0 Å². The number of aromatic nitrogens is 3. The first-order valence-electron chi connectivity index (χ1n) is 8.89. The lowest BCUT2D eigenvalue weighted by Gasteiger charge is -2.06. The van der Waals surface area contributed by atoms with Crippen LogP contribution in [-0.2, 0) is 0 Å². The normalized spacial score (nSPS) is 11.0. The Hall–Kier alpha value is -2.93. The number of aromatic amines is 1. The van der Waals surface area contributed by atoms with Crippen molar-refractivity contribution in [1.29, 1.82) is 0 Å². The summed E-state index contributed by atoms with van der Waals surface area (Å²) < 4.78 is 13.2. The SMILES string of the molecule is CCCOc1ccc(/C=N/n2c(-c3cccc(OCC)c3)n[nH]c2=S)cc1. The van der Waals surface area contributed by atoms with Crippen LogP contribution in [0.1, 0.15) is 25.8 Å². The van der Waals surface area contributed by atoms with Crippen LogP contribution in [-0.4, -0.2) is 34.3 Å². The van der Waals surface area contributed by atoms with E-state index in [1.807, 2.05) is 55.5 Å². The predicted octanol–water partition coefficient (Wildman–Crippen LogP) is 4.68. The van der Waals surface area contributed by atoms with Crippen LogP contribution in [0.25, 0.3) is 11.4 Å². The van der Waals surface area contributed by atoms with Crippen molar-refractivity contribution in [2.45, 2.75) is 20.3 Å². The molecule has 6 nitrogen and oxygen atoms in total. The highest BCUT2D eigenvalue weighted by Crippen LogP contribution is 2.22. The second kappa shape index (κ2) is 9.14. The molecule has 0 saturated heterocycles. The Morgan fingerprint density at radius 3 is 2.67 bits per heavy atom. The molecule has 0 aliphatic heterocycles. The quantitative estimate of drug-likeness (QED) is 0.454. The summed E-state index contributed by atoms with van der Waals surface area (Å²) in [6.45, 7) is 5.34. The van der Waals surface area contributed by atoms with Crippen LogP contribution < -0.4 is 9.47 Å². The number of hydrogen-bond acceptors (Lipinski definition) is 5. The fourth-order valence-corrected chi connectivity index (χ4v) is 2.65. The summed E-state index contributed by atoms with van der Waals surface area (Å²) in [4.78, 5) is 0. The van der Waals surface area contributed by atoms with Crippen LogP contribution in [0.4, 0.5) is 0 Å². The molecule has 140 valence electrons. The van der Waals surface area contributed by atoms with E-state index in [0.717, 1.165) is 29.0 Å². The van der Waals surface area contributed by atoms with Gasteiger partial charge >= 0.3 is 0 Å². The maximum Gasteiger partial charge on any atom is 0.216 e. The Labute approximate surface area is 163 Å². The van der Waals surface area contributed by atoms with E-state index in [1.165, 1.54) is 0 Å². The van der Waals surface area contributed by atoms with Crippen molar-refractivity contribution in [3.05, 3.63) is 58.9 Å². The molecule has 27 heavy (non-hydrogen) atoms. The molecule has 1 N–H and O–H groups in total. The molecular formula is C20H22N4O2S. The Kier molecular flexibility index (Phi) is 6.38. The summed E-state index contributed by atoms with van der Waals surface area (Å²) >= 11 is 5.32. The lowest BCUT2D eigenvalue weighted by atomic mass is 10.2. The van der Waals surface area contributed by atoms with Crippen molar-refractivity contribution in [2.75, 3.05) is 13.2 Å². The minimum Gasteiger partial charge on any atom is -0.494 e. The summed E-state index contributed by atoms with van der Waals surface area (Å²) in [6.07, 6.45) is 2.72. The van der Waals surface area contributed by atoms with Crippen LogP contribution >= 0.6 is 12.2 Å². The highest BCUT2D eigenvalue weighted by molar-refractivity contribution is 7.71. The Morgan fingerprint density at radius 1 is 1.11 bits per heavy atom. The van der Waals surface area contributed by atoms with Gasteiger partial charge in [-0.25, -0.2) is 5.10 Å². The van der Waals surface area contributed by atoms with Crippen LogP contribution in [0.15, 0.2) is 53.6 Å². The second-order valence-electron chi connectivity index (χ2n) is 5.79. The minimum absolute atomic E-state index is 0.422. The van der Waals surface area contributed by atoms with Crippen LogP contribution in [0.3, 0.4) is 0 Å². The molecular weight excluding hydrogens is 360 g/mol. The van der Waals surface area contributed by atoms with Crippen molar-refractivity contribution in [1.82, 2.24) is 14.9 Å². The molecule has 0 aliphatic rings. The van der Waals surface area contributed by atoms with Gasteiger partial charge in [0.25, 0.3) is 0 Å². The second-order valence-corrected chi connectivity index (χ2v) is 6.17. The van der Waals surface area contributed by atoms with E-state index < -0.39 is 0 Å². The molecule has 0 amide bonds. The first-order chi connectivity index (χ1) is 13.2. The van der Waals surface area contributed by atoms with E-state index in [1.54, 1.807) is 10.9 Å². The molecule has 0 atom stereocenters. The van der Waals surface area contributed by atoms with Gasteiger partial charge in [0.05, 0.1) is 19.4 Å². The third-order valence-electron chi connectivity index (χ3n) is 3.73. The zero-order valence-corrected chi connectivity index (χ0v) is 16.2. The van der Waals surface area contributed by atoms with Gasteiger partial charge in [-0.2, -0.15) is 14.9 Å². The fraction of sp³-hybridized carbons (Fsp3) is 0.250. The number of benzene rings is 2. The first kappa shape index (κ1) is 18.8. The monoisotopic (exact) mass is 382 g/mol. The third kappa shape index (κ3) is 4.83. The summed E-state index contributed by atoms with van der Waals surface area (Å²) in [5.41, 5.74) is 1.81. The van der Waals surface area contributed by atoms with E-state index >= 15 is 0 Å². The highest BCUT2D eigenvalue weighted by atomic mass is 32.1. The maximum atomic E-state index is 5.59. The summed E-state index contributed by atoms with van der Waals surface area (Å²) in [5, 5.41) is 11.6. The van der Waals surface area contributed by atoms with E-state index in [4.69, 9.17) is 21.7 Å². The molecule has 2 aromatic carbocycles. The van der Waals surface area contributed by atoms with Gasteiger partial charge in [0.2, 0.25) is 4.77 Å². The van der Waals surface area contributed by atoms with Crippen molar-refractivity contribution in [2.24, 2.45) is 5.10 Å². The molecule has 1 heterocycles. The number of rotatable bonds is 8. The van der Waals surface area contributed by atoms with Crippen molar-refractivity contribution < 1.29 is 9.47 Å². The van der Waals surface area contributed by atoms with E-state index in [-0.39, 0.29) is 0 Å². The van der Waals surface area contributed by atoms with Crippen molar-refractivity contribution >= 4 is 18.4 Å². The lowest BCUT2D eigenvalue weighted by molar-refractivity contribution is 0.317. The van der Waals surface area contributed by atoms with Crippen LogP contribution in [0.5, 0.6) is 11.5 Å². The fourth-order valence-electron chi connectivity index (χ4n) is 2.47. The summed E-state index contributed by atoms with van der Waals surface area (Å²) in [7, 11) is 0. The van der Waals surface area contributed by atoms with E-state index in [0.29, 0.717) is 23.8 Å².